The van der Waals surface area contributed by atoms with Crippen LogP contribution in [0.3, 0.4) is 0 Å². The molecular formula is C20H23Cl2N5O3S. The van der Waals surface area contributed by atoms with Crippen molar-refractivity contribution in [1.29, 1.82) is 0 Å². The molecule has 31 heavy (non-hydrogen) atoms. The maximum absolute atomic E-state index is 12.9. The molecule has 2 fully saturated rings. The Morgan fingerprint density at radius 2 is 1.42 bits per heavy atom. The summed E-state index contributed by atoms with van der Waals surface area (Å²) in [5.41, 5.74) is 0.921. The molecule has 0 aliphatic carbocycles. The second-order valence-corrected chi connectivity index (χ2v) is 10.2. The lowest BCUT2D eigenvalue weighted by molar-refractivity contribution is 0.132. The van der Waals surface area contributed by atoms with Crippen LogP contribution < -0.4 is 4.90 Å². The van der Waals surface area contributed by atoms with E-state index >= 15 is 0 Å². The lowest BCUT2D eigenvalue weighted by Crippen LogP contribution is -2.57. The topological polar surface area (TPSA) is 77.1 Å². The van der Waals surface area contributed by atoms with Crippen LogP contribution in [0.2, 0.25) is 10.0 Å². The number of carbonyl (C=O) groups is 1. The second kappa shape index (κ2) is 9.20. The molecule has 0 unspecified atom stereocenters. The highest BCUT2D eigenvalue weighted by molar-refractivity contribution is 7.89. The van der Waals surface area contributed by atoms with Gasteiger partial charge in [-0.25, -0.2) is 13.2 Å². The zero-order valence-electron chi connectivity index (χ0n) is 16.8. The van der Waals surface area contributed by atoms with Crippen LogP contribution in [0.25, 0.3) is 0 Å². The number of urea groups is 1. The molecule has 2 aliphatic heterocycles. The van der Waals surface area contributed by atoms with E-state index < -0.39 is 10.0 Å². The van der Waals surface area contributed by atoms with Crippen LogP contribution in [0.1, 0.15) is 0 Å². The molecule has 11 heteroatoms. The van der Waals surface area contributed by atoms with Crippen molar-refractivity contribution in [3.05, 3.63) is 52.8 Å². The lowest BCUT2D eigenvalue weighted by Gasteiger charge is -2.41. The summed E-state index contributed by atoms with van der Waals surface area (Å²) >= 11 is 12.1. The van der Waals surface area contributed by atoms with E-state index in [1.807, 2.05) is 11.0 Å². The molecule has 2 amide bonds. The average molecular weight is 484 g/mol. The van der Waals surface area contributed by atoms with Crippen molar-refractivity contribution >= 4 is 44.9 Å². The molecule has 2 aliphatic rings. The number of carbonyl (C=O) groups excluding carboxylic acids is 1. The molecule has 0 radical (unpaired) electrons. The number of pyridine rings is 1. The number of piperazine rings is 2. The van der Waals surface area contributed by atoms with E-state index in [9.17, 15) is 13.2 Å². The smallest absolute Gasteiger partial charge is 0.320 e. The van der Waals surface area contributed by atoms with Crippen molar-refractivity contribution in [2.24, 2.45) is 0 Å². The minimum Gasteiger partial charge on any atom is -0.367 e. The van der Waals surface area contributed by atoms with Crippen LogP contribution in [0.5, 0.6) is 0 Å². The number of benzene rings is 1. The zero-order valence-corrected chi connectivity index (χ0v) is 19.2. The molecule has 4 rings (SSSR count). The maximum atomic E-state index is 12.9. The van der Waals surface area contributed by atoms with Gasteiger partial charge in [0.1, 0.15) is 0 Å². The van der Waals surface area contributed by atoms with Crippen molar-refractivity contribution in [2.75, 3.05) is 57.3 Å². The number of aromatic nitrogens is 1. The Bertz CT molecular complexity index is 1040. The van der Waals surface area contributed by atoms with Crippen molar-refractivity contribution in [2.45, 2.75) is 4.90 Å². The highest BCUT2D eigenvalue weighted by Crippen LogP contribution is 2.25. The molecule has 3 heterocycles. The minimum atomic E-state index is -3.60. The van der Waals surface area contributed by atoms with Gasteiger partial charge < -0.3 is 14.7 Å². The highest BCUT2D eigenvalue weighted by Gasteiger charge is 2.32. The summed E-state index contributed by atoms with van der Waals surface area (Å²) in [6.07, 6.45) is 3.32. The summed E-state index contributed by atoms with van der Waals surface area (Å²) in [4.78, 5) is 22.8. The van der Waals surface area contributed by atoms with E-state index in [1.54, 1.807) is 29.4 Å². The number of hydrogen-bond donors (Lipinski definition) is 0. The summed E-state index contributed by atoms with van der Waals surface area (Å²) < 4.78 is 27.1. The fourth-order valence-corrected chi connectivity index (χ4v) is 5.63. The quantitative estimate of drug-likeness (QED) is 0.670. The number of anilines is 1. The Labute approximate surface area is 192 Å². The van der Waals surface area contributed by atoms with Crippen LogP contribution in [-0.2, 0) is 10.0 Å². The third-order valence-electron chi connectivity index (χ3n) is 5.60. The molecule has 0 saturated carbocycles. The van der Waals surface area contributed by atoms with E-state index in [1.165, 1.54) is 16.4 Å². The largest absolute Gasteiger partial charge is 0.367 e. The second-order valence-electron chi connectivity index (χ2n) is 7.43. The molecule has 2 saturated heterocycles. The van der Waals surface area contributed by atoms with Gasteiger partial charge in [0.2, 0.25) is 10.0 Å². The summed E-state index contributed by atoms with van der Waals surface area (Å²) in [7, 11) is -3.60. The summed E-state index contributed by atoms with van der Waals surface area (Å²) in [6, 6.07) is 7.96. The van der Waals surface area contributed by atoms with Crippen molar-refractivity contribution in [1.82, 2.24) is 19.1 Å². The summed E-state index contributed by atoms with van der Waals surface area (Å²) in [5.74, 6) is 0. The third kappa shape index (κ3) is 4.74. The van der Waals surface area contributed by atoms with Crippen molar-refractivity contribution < 1.29 is 13.2 Å². The number of rotatable bonds is 3. The first kappa shape index (κ1) is 22.1. The lowest BCUT2D eigenvalue weighted by atomic mass is 10.2. The van der Waals surface area contributed by atoms with Gasteiger partial charge in [0.25, 0.3) is 0 Å². The van der Waals surface area contributed by atoms with Gasteiger partial charge in [-0.2, -0.15) is 4.31 Å². The van der Waals surface area contributed by atoms with E-state index in [0.29, 0.717) is 49.3 Å². The molecule has 0 spiro atoms. The van der Waals surface area contributed by atoms with Gasteiger partial charge in [-0.05, 0) is 30.3 Å². The Hall–Kier alpha value is -2.07. The third-order valence-corrected chi connectivity index (χ3v) is 8.06. The van der Waals surface area contributed by atoms with E-state index in [0.717, 1.165) is 5.69 Å². The Balaban J connectivity index is 1.32. The molecule has 2 aromatic rings. The van der Waals surface area contributed by atoms with E-state index in [-0.39, 0.29) is 24.0 Å². The van der Waals surface area contributed by atoms with Crippen molar-refractivity contribution in [3.63, 3.8) is 0 Å². The number of halogens is 2. The minimum absolute atomic E-state index is 0.0518. The first-order chi connectivity index (χ1) is 14.9. The first-order valence-corrected chi connectivity index (χ1v) is 12.2. The standard InChI is InChI=1S/C20H23Cl2N5O3S/c21-16-1-3-17(4-2-16)31(29,30)27-13-11-26(12-14-27)20(28)25-9-7-24(8-10-25)19-5-6-23-15-18(19)22/h1-6,15H,7-14H2. The first-order valence-electron chi connectivity index (χ1n) is 10.0. The van der Waals surface area contributed by atoms with Gasteiger partial charge in [0, 0.05) is 69.8 Å². The number of amides is 2. The van der Waals surface area contributed by atoms with Gasteiger partial charge in [-0.15, -0.1) is 0 Å². The normalized spacial score (nSPS) is 18.3. The summed E-state index contributed by atoms with van der Waals surface area (Å²) in [6.45, 7) is 3.79. The van der Waals surface area contributed by atoms with Crippen LogP contribution in [0, 0.1) is 0 Å². The van der Waals surface area contributed by atoms with Gasteiger partial charge in [-0.3, -0.25) is 4.98 Å². The average Bonchev–Trinajstić information content (AvgIpc) is 2.79. The Kier molecular flexibility index (Phi) is 6.57. The molecule has 0 bridgehead atoms. The van der Waals surface area contributed by atoms with Gasteiger partial charge in [0.05, 0.1) is 15.6 Å². The number of hydrogen-bond acceptors (Lipinski definition) is 5. The predicted molar refractivity (Wildman–Crippen MR) is 120 cm³/mol. The highest BCUT2D eigenvalue weighted by atomic mass is 35.5. The van der Waals surface area contributed by atoms with Gasteiger partial charge in [-0.1, -0.05) is 23.2 Å². The van der Waals surface area contributed by atoms with Gasteiger partial charge >= 0.3 is 6.03 Å². The predicted octanol–water partition coefficient (Wildman–Crippen LogP) is 2.64. The molecule has 1 aromatic carbocycles. The molecule has 0 N–H and O–H groups in total. The maximum Gasteiger partial charge on any atom is 0.320 e. The van der Waals surface area contributed by atoms with Crippen LogP contribution in [0.15, 0.2) is 47.6 Å². The summed E-state index contributed by atoms with van der Waals surface area (Å²) in [5, 5.41) is 1.08. The van der Waals surface area contributed by atoms with Crippen LogP contribution in [-0.4, -0.2) is 85.9 Å². The van der Waals surface area contributed by atoms with E-state index in [2.05, 4.69) is 9.88 Å². The number of nitrogens with zero attached hydrogens (tertiary/aromatic N) is 5. The van der Waals surface area contributed by atoms with Gasteiger partial charge in [0.15, 0.2) is 0 Å². The van der Waals surface area contributed by atoms with E-state index in [4.69, 9.17) is 23.2 Å². The van der Waals surface area contributed by atoms with Crippen molar-refractivity contribution in [3.8, 4) is 0 Å². The van der Waals surface area contributed by atoms with Crippen LogP contribution >= 0.6 is 23.2 Å². The fraction of sp³-hybridized carbons (Fsp3) is 0.400. The zero-order chi connectivity index (χ0) is 22.0. The SMILES string of the molecule is O=C(N1CCN(c2ccncc2Cl)CC1)N1CCN(S(=O)(=O)c2ccc(Cl)cc2)CC1. The molecule has 8 nitrogen and oxygen atoms in total. The molecular weight excluding hydrogens is 461 g/mol. The monoisotopic (exact) mass is 483 g/mol. The molecule has 1 aromatic heterocycles. The molecule has 166 valence electrons. The number of sulfonamides is 1. The fourth-order valence-electron chi connectivity index (χ4n) is 3.84. The Morgan fingerprint density at radius 1 is 0.839 bits per heavy atom. The Morgan fingerprint density at radius 3 is 2.00 bits per heavy atom. The molecule has 0 atom stereocenters. The van der Waals surface area contributed by atoms with Crippen LogP contribution in [0.4, 0.5) is 10.5 Å².